The predicted octanol–water partition coefficient (Wildman–Crippen LogP) is 0.933. The van der Waals surface area contributed by atoms with Crippen LogP contribution in [0.3, 0.4) is 0 Å². The largest absolute Gasteiger partial charge is 0.317 e. The Morgan fingerprint density at radius 1 is 1.41 bits per heavy atom. The number of amides is 2. The molecule has 0 bridgehead atoms. The minimum absolute atomic E-state index is 0.0106. The monoisotopic (exact) mass is 252 g/mol. The van der Waals surface area contributed by atoms with E-state index < -0.39 is 0 Å². The van der Waals surface area contributed by atoms with Gasteiger partial charge in [-0.05, 0) is 37.4 Å². The average Bonchev–Trinajstić information content (AvgIpc) is 2.82. The van der Waals surface area contributed by atoms with Crippen LogP contribution < -0.4 is 10.6 Å². The summed E-state index contributed by atoms with van der Waals surface area (Å²) in [5.74, 6) is -0.326. The Hall–Kier alpha value is -1.20. The maximum Gasteiger partial charge on any atom is 0.231 e. The Morgan fingerprint density at radius 3 is 2.82 bits per heavy atom. The number of piperidine rings is 1. The summed E-state index contributed by atoms with van der Waals surface area (Å²) in [6.45, 7) is 1.72. The maximum atomic E-state index is 11.8. The van der Waals surface area contributed by atoms with Gasteiger partial charge in [0.2, 0.25) is 11.8 Å². The van der Waals surface area contributed by atoms with E-state index in [2.05, 4.69) is 10.6 Å². The van der Waals surface area contributed by atoms with E-state index in [-0.39, 0.29) is 17.7 Å². The Kier molecular flexibility index (Phi) is 4.28. The lowest BCUT2D eigenvalue weighted by molar-refractivity contribution is -0.132. The van der Waals surface area contributed by atoms with E-state index in [9.17, 15) is 9.59 Å². The van der Waals surface area contributed by atoms with Crippen molar-refractivity contribution in [2.75, 3.05) is 13.1 Å². The molecule has 5 heteroatoms. The summed E-state index contributed by atoms with van der Waals surface area (Å²) in [6, 6.07) is 3.81. The quantitative estimate of drug-likeness (QED) is 0.841. The minimum Gasteiger partial charge on any atom is -0.317 e. The molecule has 2 heterocycles. The third-order valence-electron chi connectivity index (χ3n) is 2.89. The summed E-state index contributed by atoms with van der Waals surface area (Å²) in [5, 5.41) is 7.61. The highest BCUT2D eigenvalue weighted by atomic mass is 32.1. The normalized spacial score (nSPS) is 16.7. The number of hydrogen-bond acceptors (Lipinski definition) is 4. The summed E-state index contributed by atoms with van der Waals surface area (Å²) in [7, 11) is 0. The van der Waals surface area contributed by atoms with E-state index in [1.807, 2.05) is 17.5 Å². The van der Waals surface area contributed by atoms with E-state index in [4.69, 9.17) is 0 Å². The molecule has 2 rings (SSSR count). The molecule has 1 aliphatic heterocycles. The lowest BCUT2D eigenvalue weighted by Gasteiger charge is -2.21. The fourth-order valence-corrected chi connectivity index (χ4v) is 2.64. The van der Waals surface area contributed by atoms with Crippen molar-refractivity contribution < 1.29 is 9.59 Å². The molecule has 0 spiro atoms. The van der Waals surface area contributed by atoms with Crippen LogP contribution in [0.4, 0.5) is 0 Å². The van der Waals surface area contributed by atoms with Crippen molar-refractivity contribution >= 4 is 23.2 Å². The van der Waals surface area contributed by atoms with Gasteiger partial charge in [0.05, 0.1) is 6.42 Å². The fourth-order valence-electron chi connectivity index (χ4n) is 1.94. The highest BCUT2D eigenvalue weighted by Crippen LogP contribution is 2.12. The first-order valence-corrected chi connectivity index (χ1v) is 6.70. The number of carbonyl (C=O) groups is 2. The number of thiophene rings is 1. The molecule has 4 nitrogen and oxygen atoms in total. The first-order chi connectivity index (χ1) is 8.25. The van der Waals surface area contributed by atoms with Crippen LogP contribution in [0.25, 0.3) is 0 Å². The molecule has 0 saturated carbocycles. The van der Waals surface area contributed by atoms with Crippen LogP contribution in [-0.4, -0.2) is 24.9 Å². The molecule has 0 unspecified atom stereocenters. The molecular weight excluding hydrogens is 236 g/mol. The summed E-state index contributed by atoms with van der Waals surface area (Å²) in [6.07, 6.45) is 1.94. The molecule has 2 N–H and O–H groups in total. The molecule has 1 aromatic heterocycles. The van der Waals surface area contributed by atoms with Gasteiger partial charge in [-0.25, -0.2) is 0 Å². The van der Waals surface area contributed by atoms with Crippen LogP contribution >= 0.6 is 11.3 Å². The molecule has 2 amide bonds. The molecule has 17 heavy (non-hydrogen) atoms. The van der Waals surface area contributed by atoms with Crippen molar-refractivity contribution in [2.24, 2.45) is 5.92 Å². The smallest absolute Gasteiger partial charge is 0.231 e. The third-order valence-corrected chi connectivity index (χ3v) is 3.76. The zero-order chi connectivity index (χ0) is 12.1. The van der Waals surface area contributed by atoms with Crippen LogP contribution in [0.5, 0.6) is 0 Å². The first-order valence-electron chi connectivity index (χ1n) is 5.82. The van der Waals surface area contributed by atoms with Gasteiger partial charge in [0, 0.05) is 10.8 Å². The van der Waals surface area contributed by atoms with E-state index in [0.29, 0.717) is 6.42 Å². The topological polar surface area (TPSA) is 58.2 Å². The number of hydrogen-bond donors (Lipinski definition) is 2. The zero-order valence-corrected chi connectivity index (χ0v) is 10.4. The molecule has 1 aliphatic rings. The molecule has 1 fully saturated rings. The van der Waals surface area contributed by atoms with Gasteiger partial charge in [0.1, 0.15) is 0 Å². The van der Waals surface area contributed by atoms with Crippen LogP contribution in [0.1, 0.15) is 17.7 Å². The van der Waals surface area contributed by atoms with Gasteiger partial charge in [0.15, 0.2) is 0 Å². The van der Waals surface area contributed by atoms with E-state index in [1.54, 1.807) is 0 Å². The average molecular weight is 252 g/mol. The summed E-state index contributed by atoms with van der Waals surface area (Å²) < 4.78 is 0. The number of rotatable bonds is 3. The predicted molar refractivity (Wildman–Crippen MR) is 66.8 cm³/mol. The van der Waals surface area contributed by atoms with Crippen molar-refractivity contribution in [1.29, 1.82) is 0 Å². The van der Waals surface area contributed by atoms with Gasteiger partial charge in [-0.2, -0.15) is 0 Å². The van der Waals surface area contributed by atoms with Crippen molar-refractivity contribution in [3.05, 3.63) is 22.4 Å². The second kappa shape index (κ2) is 5.93. The van der Waals surface area contributed by atoms with Gasteiger partial charge in [-0.15, -0.1) is 11.3 Å². The summed E-state index contributed by atoms with van der Waals surface area (Å²) in [5.41, 5.74) is 0. The Labute approximate surface area is 104 Å². The van der Waals surface area contributed by atoms with Gasteiger partial charge in [-0.1, -0.05) is 6.07 Å². The molecular formula is C12H16N2O2S. The van der Waals surface area contributed by atoms with Gasteiger partial charge >= 0.3 is 0 Å². The Morgan fingerprint density at radius 2 is 2.18 bits per heavy atom. The number of imide groups is 1. The van der Waals surface area contributed by atoms with E-state index in [1.165, 1.54) is 11.3 Å². The van der Waals surface area contributed by atoms with Crippen LogP contribution in [-0.2, 0) is 16.0 Å². The SMILES string of the molecule is O=C(Cc1cccs1)NC(=O)C1CCNCC1. The highest BCUT2D eigenvalue weighted by Gasteiger charge is 2.22. The summed E-state index contributed by atoms with van der Waals surface area (Å²) >= 11 is 1.53. The van der Waals surface area contributed by atoms with Crippen LogP contribution in [0.2, 0.25) is 0 Å². The van der Waals surface area contributed by atoms with Gasteiger partial charge in [0.25, 0.3) is 0 Å². The van der Waals surface area contributed by atoms with Crippen molar-refractivity contribution in [2.45, 2.75) is 19.3 Å². The molecule has 1 saturated heterocycles. The van der Waals surface area contributed by atoms with E-state index >= 15 is 0 Å². The standard InChI is InChI=1S/C12H16N2O2S/c15-11(8-10-2-1-7-17-10)14-12(16)9-3-5-13-6-4-9/h1-2,7,9,13H,3-6,8H2,(H,14,15,16). The molecule has 1 aromatic rings. The van der Waals surface area contributed by atoms with Crippen molar-refractivity contribution in [1.82, 2.24) is 10.6 Å². The summed E-state index contributed by atoms with van der Waals surface area (Å²) in [4.78, 5) is 24.4. The Bertz CT molecular complexity index is 383. The minimum atomic E-state index is -0.198. The second-order valence-corrected chi connectivity index (χ2v) is 5.23. The lowest BCUT2D eigenvalue weighted by atomic mass is 9.97. The first kappa shape index (κ1) is 12.3. The zero-order valence-electron chi connectivity index (χ0n) is 9.57. The number of nitrogens with one attached hydrogen (secondary N) is 2. The van der Waals surface area contributed by atoms with Gasteiger partial charge < -0.3 is 5.32 Å². The highest BCUT2D eigenvalue weighted by molar-refractivity contribution is 7.10. The van der Waals surface area contributed by atoms with Crippen LogP contribution in [0, 0.1) is 5.92 Å². The van der Waals surface area contributed by atoms with Crippen molar-refractivity contribution in [3.8, 4) is 0 Å². The molecule has 0 atom stereocenters. The van der Waals surface area contributed by atoms with Crippen molar-refractivity contribution in [3.63, 3.8) is 0 Å². The molecule has 92 valence electrons. The lowest BCUT2D eigenvalue weighted by Crippen LogP contribution is -2.41. The molecule has 0 aliphatic carbocycles. The Balaban J connectivity index is 1.79. The number of carbonyl (C=O) groups excluding carboxylic acids is 2. The van der Waals surface area contributed by atoms with E-state index in [0.717, 1.165) is 30.8 Å². The van der Waals surface area contributed by atoms with Crippen LogP contribution in [0.15, 0.2) is 17.5 Å². The molecule has 0 radical (unpaired) electrons. The molecule has 0 aromatic carbocycles. The third kappa shape index (κ3) is 3.64. The second-order valence-electron chi connectivity index (χ2n) is 4.19. The van der Waals surface area contributed by atoms with Gasteiger partial charge in [-0.3, -0.25) is 14.9 Å². The maximum absolute atomic E-state index is 11.8. The fraction of sp³-hybridized carbons (Fsp3) is 0.500.